The monoisotopic (exact) mass is 591 g/mol. The number of anilines is 1. The highest BCUT2D eigenvalue weighted by Gasteiger charge is 2.38. The average molecular weight is 592 g/mol. The van der Waals surface area contributed by atoms with Crippen molar-refractivity contribution in [3.8, 4) is 0 Å². The lowest BCUT2D eigenvalue weighted by Gasteiger charge is -2.36. The number of hydrogen-bond acceptors (Lipinski definition) is 4. The Kier molecular flexibility index (Phi) is 14.5. The van der Waals surface area contributed by atoms with Gasteiger partial charge < -0.3 is 20.3 Å². The van der Waals surface area contributed by atoms with Gasteiger partial charge in [-0.25, -0.2) is 4.79 Å². The van der Waals surface area contributed by atoms with E-state index in [2.05, 4.69) is 24.1 Å². The molecule has 2 N–H and O–H groups in total. The van der Waals surface area contributed by atoms with Crippen LogP contribution in [-0.2, 0) is 14.3 Å². The number of carbonyl (C=O) groups is 3. The number of amides is 3. The van der Waals surface area contributed by atoms with Gasteiger partial charge in [-0.1, -0.05) is 108 Å². The van der Waals surface area contributed by atoms with Crippen molar-refractivity contribution in [2.24, 2.45) is 5.92 Å². The number of benzene rings is 2. The number of para-hydroxylation sites is 1. The first kappa shape index (κ1) is 35.6. The number of alkyl carbamates (subject to hydrolysis) is 1. The molecule has 0 fully saturated rings. The average Bonchev–Trinajstić information content (AvgIpc) is 2.96. The second-order valence-electron chi connectivity index (χ2n) is 12.4. The molecule has 0 aliphatic carbocycles. The van der Waals surface area contributed by atoms with Gasteiger partial charge in [-0.15, -0.1) is 0 Å². The highest BCUT2D eigenvalue weighted by molar-refractivity contribution is 5.99. The van der Waals surface area contributed by atoms with E-state index in [1.165, 1.54) is 6.42 Å². The highest BCUT2D eigenvalue weighted by Crippen LogP contribution is 2.28. The maximum absolute atomic E-state index is 14.6. The molecular formula is C36H53N3O4. The summed E-state index contributed by atoms with van der Waals surface area (Å²) in [5.41, 5.74) is 2.43. The van der Waals surface area contributed by atoms with E-state index in [9.17, 15) is 14.4 Å². The molecule has 0 radical (unpaired) electrons. The number of nitrogens with one attached hydrogen (secondary N) is 2. The summed E-state index contributed by atoms with van der Waals surface area (Å²) in [6.45, 7) is 17.7. The van der Waals surface area contributed by atoms with Gasteiger partial charge in [0, 0.05) is 12.2 Å². The topological polar surface area (TPSA) is 87.7 Å². The van der Waals surface area contributed by atoms with Crippen LogP contribution in [0.5, 0.6) is 0 Å². The number of hydrogen-bond donors (Lipinski definition) is 2. The molecule has 0 saturated heterocycles. The first-order valence-corrected chi connectivity index (χ1v) is 15.8. The minimum atomic E-state index is -0.922. The van der Waals surface area contributed by atoms with Crippen molar-refractivity contribution in [1.82, 2.24) is 10.2 Å². The molecular weight excluding hydrogens is 538 g/mol. The number of carbonyl (C=O) groups excluding carboxylic acids is 3. The Bertz CT molecular complexity index is 1200. The molecule has 2 rings (SSSR count). The van der Waals surface area contributed by atoms with Crippen molar-refractivity contribution in [1.29, 1.82) is 0 Å². The fourth-order valence-corrected chi connectivity index (χ4v) is 4.97. The van der Waals surface area contributed by atoms with Crippen LogP contribution in [0, 0.1) is 12.8 Å². The Balaban J connectivity index is 2.57. The molecule has 7 heteroatoms. The zero-order chi connectivity index (χ0) is 32.0. The summed E-state index contributed by atoms with van der Waals surface area (Å²) in [4.78, 5) is 43.3. The molecule has 0 heterocycles. The molecule has 0 aliphatic rings. The van der Waals surface area contributed by atoms with Crippen LogP contribution in [-0.4, -0.2) is 41.0 Å². The summed E-state index contributed by atoms with van der Waals surface area (Å²) in [5.74, 6) is -0.801. The molecule has 3 unspecified atom stereocenters. The minimum absolute atomic E-state index is 0.188. The van der Waals surface area contributed by atoms with E-state index in [1.54, 1.807) is 31.7 Å². The second-order valence-corrected chi connectivity index (χ2v) is 12.4. The van der Waals surface area contributed by atoms with E-state index in [0.717, 1.165) is 43.2 Å². The third kappa shape index (κ3) is 11.5. The van der Waals surface area contributed by atoms with Crippen LogP contribution < -0.4 is 10.6 Å². The number of aryl methyl sites for hydroxylation is 1. The number of nitrogens with zero attached hydrogens (tertiary/aromatic N) is 1. The van der Waals surface area contributed by atoms with Gasteiger partial charge in [-0.3, -0.25) is 9.59 Å². The van der Waals surface area contributed by atoms with Crippen molar-refractivity contribution in [2.45, 2.75) is 111 Å². The van der Waals surface area contributed by atoms with Gasteiger partial charge in [0.2, 0.25) is 5.91 Å². The van der Waals surface area contributed by atoms with Crippen molar-refractivity contribution in [3.63, 3.8) is 0 Å². The van der Waals surface area contributed by atoms with Gasteiger partial charge in [0.1, 0.15) is 17.7 Å². The van der Waals surface area contributed by atoms with Crippen LogP contribution in [0.4, 0.5) is 10.5 Å². The van der Waals surface area contributed by atoms with Crippen molar-refractivity contribution in [3.05, 3.63) is 71.8 Å². The zero-order valence-electron chi connectivity index (χ0n) is 27.4. The Morgan fingerprint density at radius 3 is 2.28 bits per heavy atom. The van der Waals surface area contributed by atoms with Crippen molar-refractivity contribution < 1.29 is 19.1 Å². The van der Waals surface area contributed by atoms with E-state index in [0.29, 0.717) is 24.2 Å². The molecule has 2 aromatic rings. The molecule has 236 valence electrons. The summed E-state index contributed by atoms with van der Waals surface area (Å²) in [6, 6.07) is 13.4. The quantitative estimate of drug-likeness (QED) is 0.192. The maximum Gasteiger partial charge on any atom is 0.408 e. The van der Waals surface area contributed by atoms with Crippen molar-refractivity contribution >= 4 is 29.7 Å². The van der Waals surface area contributed by atoms with Gasteiger partial charge in [0.05, 0.1) is 0 Å². The van der Waals surface area contributed by atoms with Gasteiger partial charge in [-0.05, 0) is 68.9 Å². The lowest BCUT2D eigenvalue weighted by atomic mass is 9.95. The summed E-state index contributed by atoms with van der Waals surface area (Å²) in [6.07, 6.45) is 7.94. The summed E-state index contributed by atoms with van der Waals surface area (Å²) >= 11 is 0. The van der Waals surface area contributed by atoms with E-state index in [-0.39, 0.29) is 17.7 Å². The van der Waals surface area contributed by atoms with Crippen molar-refractivity contribution in [2.75, 3.05) is 11.9 Å². The molecule has 3 amide bonds. The molecule has 43 heavy (non-hydrogen) atoms. The van der Waals surface area contributed by atoms with E-state index >= 15 is 0 Å². The molecule has 0 saturated carbocycles. The molecule has 2 aromatic carbocycles. The molecule has 0 bridgehead atoms. The molecule has 3 atom stereocenters. The number of rotatable bonds is 16. The summed E-state index contributed by atoms with van der Waals surface area (Å²) < 4.78 is 5.53. The number of ether oxygens (including phenoxy) is 1. The standard InChI is InChI=1S/C36H53N3O4/c1-9-12-13-14-15-18-24-39(34(41)31(26(4)10-2)38-35(42)43-36(6,7)8)32(29-22-19-21-28(11-3)25-29)33(40)37-30-23-17-16-20-27(30)5/h11,16-17,19-23,25-26,31-32H,3,9-10,12-15,18,24H2,1-2,4-8H3,(H,37,40)(H,38,42). The van der Waals surface area contributed by atoms with E-state index in [1.807, 2.05) is 69.3 Å². The van der Waals surface area contributed by atoms with Gasteiger partial charge in [0.25, 0.3) is 5.91 Å². The van der Waals surface area contributed by atoms with Crippen LogP contribution in [0.25, 0.3) is 6.08 Å². The van der Waals surface area contributed by atoms with E-state index in [4.69, 9.17) is 4.74 Å². The molecule has 0 aliphatic heterocycles. The Labute approximate surface area is 259 Å². The molecule has 7 nitrogen and oxygen atoms in total. The molecule has 0 aromatic heterocycles. The Morgan fingerprint density at radius 2 is 1.65 bits per heavy atom. The smallest absolute Gasteiger partial charge is 0.408 e. The van der Waals surface area contributed by atoms with Gasteiger partial charge in [0.15, 0.2) is 0 Å². The first-order valence-electron chi connectivity index (χ1n) is 15.8. The van der Waals surface area contributed by atoms with Crippen LogP contribution in [0.15, 0.2) is 55.1 Å². The van der Waals surface area contributed by atoms with Gasteiger partial charge in [-0.2, -0.15) is 0 Å². The Morgan fingerprint density at radius 1 is 0.977 bits per heavy atom. The van der Waals surface area contributed by atoms with Crippen LogP contribution >= 0.6 is 0 Å². The second kappa shape index (κ2) is 17.5. The third-order valence-corrected chi connectivity index (χ3v) is 7.61. The van der Waals surface area contributed by atoms with E-state index < -0.39 is 23.8 Å². The van der Waals surface area contributed by atoms with Crippen LogP contribution in [0.2, 0.25) is 0 Å². The van der Waals surface area contributed by atoms with Gasteiger partial charge >= 0.3 is 6.09 Å². The zero-order valence-corrected chi connectivity index (χ0v) is 27.4. The summed E-state index contributed by atoms with van der Waals surface area (Å²) in [5, 5.41) is 5.93. The lowest BCUT2D eigenvalue weighted by molar-refractivity contribution is -0.142. The first-order chi connectivity index (χ1) is 20.4. The summed E-state index contributed by atoms with van der Waals surface area (Å²) in [7, 11) is 0. The predicted octanol–water partition coefficient (Wildman–Crippen LogP) is 8.45. The third-order valence-electron chi connectivity index (χ3n) is 7.61. The molecule has 0 spiro atoms. The maximum atomic E-state index is 14.6. The Hall–Kier alpha value is -3.61. The predicted molar refractivity (Wildman–Crippen MR) is 177 cm³/mol. The fourth-order valence-electron chi connectivity index (χ4n) is 4.97. The lowest BCUT2D eigenvalue weighted by Crippen LogP contribution is -2.55. The van der Waals surface area contributed by atoms with Crippen LogP contribution in [0.3, 0.4) is 0 Å². The normalized spacial score (nSPS) is 13.4. The number of unbranched alkanes of at least 4 members (excludes halogenated alkanes) is 5. The SMILES string of the molecule is C=Cc1cccc(C(C(=O)Nc2ccccc2C)N(CCCCCCCC)C(=O)C(NC(=O)OC(C)(C)C)C(C)CC)c1. The fraction of sp³-hybridized carbons (Fsp3) is 0.528. The largest absolute Gasteiger partial charge is 0.444 e. The van der Waals surface area contributed by atoms with Crippen LogP contribution in [0.1, 0.15) is 109 Å². The highest BCUT2D eigenvalue weighted by atomic mass is 16.6. The minimum Gasteiger partial charge on any atom is -0.444 e.